The first kappa shape index (κ1) is 16.0. The molecule has 82 valence electrons. The van der Waals surface area contributed by atoms with E-state index in [0.717, 1.165) is 0 Å². The third-order valence-electron chi connectivity index (χ3n) is 1.25. The third kappa shape index (κ3) is 4.20. The van der Waals surface area contributed by atoms with Gasteiger partial charge in [0.25, 0.3) is 0 Å². The van der Waals surface area contributed by atoms with Gasteiger partial charge in [-0.2, -0.15) is 4.98 Å². The van der Waals surface area contributed by atoms with Gasteiger partial charge in [-0.1, -0.05) is 35.6 Å². The largest absolute Gasteiger partial charge is 0.226 e. The lowest BCUT2D eigenvalue weighted by molar-refractivity contribution is 0.541. The molecule has 0 bridgehead atoms. The predicted molar refractivity (Wildman–Crippen MR) is 62.0 cm³/mol. The van der Waals surface area contributed by atoms with E-state index in [9.17, 15) is 0 Å². The fourth-order valence-corrected chi connectivity index (χ4v) is 1.02. The summed E-state index contributed by atoms with van der Waals surface area (Å²) in [6, 6.07) is 0. The van der Waals surface area contributed by atoms with Gasteiger partial charge in [0.1, 0.15) is 5.82 Å². The molecule has 0 amide bonds. The number of hydrogen-bond acceptors (Lipinski definition) is 3. The van der Waals surface area contributed by atoms with Crippen molar-refractivity contribution in [1.29, 1.82) is 0 Å². The maximum atomic E-state index is 5.61. The minimum atomic E-state index is -0.157. The van der Waals surface area contributed by atoms with Gasteiger partial charge in [-0.3, -0.25) is 0 Å². The monoisotopic (exact) mass is 237 g/mol. The summed E-state index contributed by atoms with van der Waals surface area (Å²) in [5.41, 5.74) is -0.157. The molecule has 0 spiro atoms. The predicted octanol–water partition coefficient (Wildman–Crippen LogP) is 3.75. The Morgan fingerprint density at radius 3 is 1.50 bits per heavy atom. The molecular formula is C9H17Cl2N3. The van der Waals surface area contributed by atoms with Crippen molar-refractivity contribution in [2.24, 2.45) is 0 Å². The first-order chi connectivity index (χ1) is 5.39. The van der Waals surface area contributed by atoms with Crippen molar-refractivity contribution in [2.45, 2.75) is 41.0 Å². The van der Waals surface area contributed by atoms with Crippen molar-refractivity contribution in [1.82, 2.24) is 15.0 Å². The molecule has 1 aromatic rings. The second kappa shape index (κ2) is 5.47. The van der Waals surface area contributed by atoms with E-state index in [1.807, 2.05) is 20.8 Å². The van der Waals surface area contributed by atoms with Crippen LogP contribution in [0.2, 0.25) is 10.6 Å². The summed E-state index contributed by atoms with van der Waals surface area (Å²) < 4.78 is 0. The molecule has 0 aliphatic rings. The van der Waals surface area contributed by atoms with Crippen LogP contribution in [0.15, 0.2) is 0 Å². The Bertz CT molecular complexity index is 274. The summed E-state index contributed by atoms with van der Waals surface area (Å²) in [6.07, 6.45) is 0. The lowest BCUT2D eigenvalue weighted by Crippen LogP contribution is -2.16. The standard InChI is InChI=1S/C7H9Cl2N3.2CH4/c1-7(2,3)4-10-5(8)12-6(9)11-4;;/h1-3H3;2*1H4. The minimum absolute atomic E-state index is 0. The lowest BCUT2D eigenvalue weighted by atomic mass is 9.96. The first-order valence-corrected chi connectivity index (χ1v) is 4.23. The molecule has 1 aromatic heterocycles. The highest BCUT2D eigenvalue weighted by molar-refractivity contribution is 6.31. The van der Waals surface area contributed by atoms with Crippen LogP contribution in [0, 0.1) is 0 Å². The van der Waals surface area contributed by atoms with Gasteiger partial charge < -0.3 is 0 Å². The van der Waals surface area contributed by atoms with Gasteiger partial charge in [0, 0.05) is 5.41 Å². The molecular weight excluding hydrogens is 221 g/mol. The van der Waals surface area contributed by atoms with Gasteiger partial charge in [-0.15, -0.1) is 0 Å². The van der Waals surface area contributed by atoms with Crippen LogP contribution >= 0.6 is 23.2 Å². The van der Waals surface area contributed by atoms with E-state index >= 15 is 0 Å². The second-order valence-electron chi connectivity index (χ2n) is 3.45. The number of hydrogen-bond donors (Lipinski definition) is 0. The molecule has 1 heterocycles. The molecule has 5 heteroatoms. The number of nitrogens with zero attached hydrogens (tertiary/aromatic N) is 3. The van der Waals surface area contributed by atoms with Crippen molar-refractivity contribution in [3.05, 3.63) is 16.4 Å². The van der Waals surface area contributed by atoms with Crippen molar-refractivity contribution in [3.63, 3.8) is 0 Å². The average Bonchev–Trinajstić information content (AvgIpc) is 1.82. The smallest absolute Gasteiger partial charge is 0.202 e. The van der Waals surface area contributed by atoms with Crippen molar-refractivity contribution in [2.75, 3.05) is 0 Å². The summed E-state index contributed by atoms with van der Waals surface area (Å²) in [5.74, 6) is 0.604. The highest BCUT2D eigenvalue weighted by Gasteiger charge is 2.18. The van der Waals surface area contributed by atoms with Crippen LogP contribution in [0.3, 0.4) is 0 Å². The van der Waals surface area contributed by atoms with Crippen molar-refractivity contribution in [3.8, 4) is 0 Å². The Hall–Kier alpha value is -0.410. The van der Waals surface area contributed by atoms with Crippen molar-refractivity contribution < 1.29 is 0 Å². The van der Waals surface area contributed by atoms with Crippen molar-refractivity contribution >= 4 is 23.2 Å². The molecule has 0 aliphatic heterocycles. The summed E-state index contributed by atoms with van der Waals surface area (Å²) in [5, 5.41) is 0.278. The van der Waals surface area contributed by atoms with E-state index in [1.54, 1.807) is 0 Å². The van der Waals surface area contributed by atoms with E-state index in [4.69, 9.17) is 23.2 Å². The quantitative estimate of drug-likeness (QED) is 0.690. The zero-order chi connectivity index (χ0) is 9.35. The molecule has 0 atom stereocenters. The van der Waals surface area contributed by atoms with Gasteiger partial charge in [0.2, 0.25) is 10.6 Å². The fraction of sp³-hybridized carbons (Fsp3) is 0.667. The van der Waals surface area contributed by atoms with Crippen LogP contribution in [-0.2, 0) is 5.41 Å². The molecule has 14 heavy (non-hydrogen) atoms. The topological polar surface area (TPSA) is 38.7 Å². The van der Waals surface area contributed by atoms with Crippen LogP contribution in [0.1, 0.15) is 41.4 Å². The van der Waals surface area contributed by atoms with Crippen LogP contribution in [0.4, 0.5) is 0 Å². The molecule has 0 saturated carbocycles. The first-order valence-electron chi connectivity index (χ1n) is 3.47. The molecule has 0 aromatic carbocycles. The molecule has 0 saturated heterocycles. The molecule has 0 unspecified atom stereocenters. The summed E-state index contributed by atoms with van der Waals surface area (Å²) in [6.45, 7) is 5.94. The zero-order valence-electron chi connectivity index (χ0n) is 7.10. The molecule has 0 N–H and O–H groups in total. The highest BCUT2D eigenvalue weighted by atomic mass is 35.5. The molecule has 1 rings (SSSR count). The molecule has 0 aliphatic carbocycles. The molecule has 3 nitrogen and oxygen atoms in total. The zero-order valence-corrected chi connectivity index (χ0v) is 8.61. The SMILES string of the molecule is C.C.CC(C)(C)c1nc(Cl)nc(Cl)n1. The summed E-state index contributed by atoms with van der Waals surface area (Å²) in [4.78, 5) is 11.6. The number of aromatic nitrogens is 3. The summed E-state index contributed by atoms with van der Waals surface area (Å²) in [7, 11) is 0. The van der Waals surface area contributed by atoms with Crippen LogP contribution in [-0.4, -0.2) is 15.0 Å². The van der Waals surface area contributed by atoms with Crippen LogP contribution < -0.4 is 0 Å². The molecule has 0 radical (unpaired) electrons. The Morgan fingerprint density at radius 2 is 1.21 bits per heavy atom. The van der Waals surface area contributed by atoms with Crippen LogP contribution in [0.25, 0.3) is 0 Å². The van der Waals surface area contributed by atoms with E-state index in [1.165, 1.54) is 0 Å². The Balaban J connectivity index is 0. The van der Waals surface area contributed by atoms with Gasteiger partial charge >= 0.3 is 0 Å². The van der Waals surface area contributed by atoms with E-state index in [0.29, 0.717) is 5.82 Å². The maximum Gasteiger partial charge on any atom is 0.226 e. The number of rotatable bonds is 0. The van der Waals surface area contributed by atoms with Gasteiger partial charge in [-0.25, -0.2) is 9.97 Å². The highest BCUT2D eigenvalue weighted by Crippen LogP contribution is 2.19. The van der Waals surface area contributed by atoms with Gasteiger partial charge in [0.05, 0.1) is 0 Å². The van der Waals surface area contributed by atoms with Gasteiger partial charge in [0.15, 0.2) is 0 Å². The third-order valence-corrected chi connectivity index (χ3v) is 1.59. The Labute approximate surface area is 95.9 Å². The van der Waals surface area contributed by atoms with Gasteiger partial charge in [-0.05, 0) is 23.2 Å². The second-order valence-corrected chi connectivity index (χ2v) is 4.12. The Kier molecular flexibility index (Phi) is 6.26. The van der Waals surface area contributed by atoms with E-state index in [-0.39, 0.29) is 30.8 Å². The number of halogens is 2. The average molecular weight is 238 g/mol. The summed E-state index contributed by atoms with van der Waals surface area (Å²) >= 11 is 11.2. The molecule has 0 fully saturated rings. The fourth-order valence-electron chi connectivity index (χ4n) is 0.661. The van der Waals surface area contributed by atoms with E-state index in [2.05, 4.69) is 15.0 Å². The lowest BCUT2D eigenvalue weighted by Gasteiger charge is -2.15. The van der Waals surface area contributed by atoms with Crippen LogP contribution in [0.5, 0.6) is 0 Å². The Morgan fingerprint density at radius 1 is 0.857 bits per heavy atom. The minimum Gasteiger partial charge on any atom is -0.202 e. The normalized spacial score (nSPS) is 10.1. The van der Waals surface area contributed by atoms with E-state index < -0.39 is 0 Å². The maximum absolute atomic E-state index is 5.61.